The van der Waals surface area contributed by atoms with E-state index in [-0.39, 0.29) is 6.42 Å². The van der Waals surface area contributed by atoms with E-state index in [1.807, 2.05) is 66.7 Å². The number of hydrogen-bond donors (Lipinski definition) is 1. The standard InChI is InChI=1S/C21H23N2O3P/c24-16-13-21(20-12-7-17-26-20)27(25)22(18-8-3-1-4-9-18)14-15-23(27)19-10-5-2-6-11-19/h1-12,16-17,21,25,27H,13-15H2. The van der Waals surface area contributed by atoms with E-state index in [1.165, 1.54) is 0 Å². The molecule has 0 saturated carbocycles. The summed E-state index contributed by atoms with van der Waals surface area (Å²) in [4.78, 5) is 23.8. The molecule has 27 heavy (non-hydrogen) atoms. The molecule has 4 rings (SSSR count). The fraction of sp³-hybridized carbons (Fsp3) is 0.190. The van der Waals surface area contributed by atoms with Crippen LogP contribution in [-0.4, -0.2) is 24.3 Å². The molecule has 140 valence electrons. The number of carbonyl (C=O) groups excluding carboxylic acids is 1. The van der Waals surface area contributed by atoms with Crippen molar-refractivity contribution in [2.45, 2.75) is 12.1 Å². The van der Waals surface area contributed by atoms with Crippen molar-refractivity contribution in [1.29, 1.82) is 0 Å². The molecule has 1 unspecified atom stereocenters. The maximum absolute atomic E-state index is 12.3. The number of nitrogens with zero attached hydrogens (tertiary/aromatic N) is 2. The van der Waals surface area contributed by atoms with Crippen LogP contribution in [-0.2, 0) is 4.79 Å². The molecule has 0 spiro atoms. The van der Waals surface area contributed by atoms with Gasteiger partial charge in [-0.1, -0.05) is 0 Å². The third kappa shape index (κ3) is 3.14. The fourth-order valence-electron chi connectivity index (χ4n) is 3.96. The SMILES string of the molecule is O=CCC(c1ccco1)[PH]1(O)N(c2ccccc2)CCN1c1ccccc1. The third-order valence-electron chi connectivity index (χ3n) is 5.16. The van der Waals surface area contributed by atoms with Crippen molar-refractivity contribution in [3.05, 3.63) is 84.8 Å². The number of benzene rings is 2. The molecule has 1 aromatic heterocycles. The molecule has 1 atom stereocenters. The molecule has 1 N–H and O–H groups in total. The Bertz CT molecular complexity index is 823. The van der Waals surface area contributed by atoms with Crippen molar-refractivity contribution < 1.29 is 14.1 Å². The summed E-state index contributed by atoms with van der Waals surface area (Å²) in [6.45, 7) is 1.38. The van der Waals surface area contributed by atoms with Crippen LogP contribution in [0.5, 0.6) is 0 Å². The minimum atomic E-state index is -3.34. The number of carbonyl (C=O) groups is 1. The average molecular weight is 382 g/mol. The number of furan rings is 1. The van der Waals surface area contributed by atoms with Gasteiger partial charge in [0.2, 0.25) is 0 Å². The first-order chi connectivity index (χ1) is 13.2. The van der Waals surface area contributed by atoms with Crippen LogP contribution < -0.4 is 9.34 Å². The Hall–Kier alpha value is -2.62. The number of para-hydroxylation sites is 2. The zero-order valence-corrected chi connectivity index (χ0v) is 15.9. The second-order valence-corrected chi connectivity index (χ2v) is 9.78. The molecule has 1 aliphatic heterocycles. The van der Waals surface area contributed by atoms with Crippen molar-refractivity contribution in [3.8, 4) is 0 Å². The summed E-state index contributed by atoms with van der Waals surface area (Å²) in [7, 11) is -3.34. The summed E-state index contributed by atoms with van der Waals surface area (Å²) < 4.78 is 9.84. The molecule has 1 aliphatic rings. The predicted molar refractivity (Wildman–Crippen MR) is 110 cm³/mol. The summed E-state index contributed by atoms with van der Waals surface area (Å²) in [5.74, 6) is 0.653. The zero-order chi connectivity index (χ0) is 18.7. The van der Waals surface area contributed by atoms with Crippen LogP contribution in [0.4, 0.5) is 11.4 Å². The molecule has 3 aromatic rings. The molecule has 0 radical (unpaired) electrons. The van der Waals surface area contributed by atoms with Gasteiger partial charge >= 0.3 is 159 Å². The summed E-state index contributed by atoms with van der Waals surface area (Å²) >= 11 is 0. The molecular formula is C21H23N2O3P. The van der Waals surface area contributed by atoms with Crippen LogP contribution in [0, 0.1) is 0 Å². The van der Waals surface area contributed by atoms with Crippen molar-refractivity contribution in [2.24, 2.45) is 0 Å². The van der Waals surface area contributed by atoms with Crippen molar-refractivity contribution in [2.75, 3.05) is 22.4 Å². The zero-order valence-electron chi connectivity index (χ0n) is 14.9. The van der Waals surface area contributed by atoms with Crippen LogP contribution in [0.1, 0.15) is 17.8 Å². The Morgan fingerprint density at radius 2 is 1.48 bits per heavy atom. The van der Waals surface area contributed by atoms with Crippen molar-refractivity contribution >= 4 is 25.5 Å². The summed E-state index contributed by atoms with van der Waals surface area (Å²) in [5.41, 5.74) is 1.54. The Kier molecular flexibility index (Phi) is 4.97. The Morgan fingerprint density at radius 1 is 0.926 bits per heavy atom. The van der Waals surface area contributed by atoms with Crippen LogP contribution in [0.2, 0.25) is 0 Å². The first kappa shape index (κ1) is 17.8. The number of rotatable bonds is 6. The third-order valence-corrected chi connectivity index (χ3v) is 9.17. The normalized spacial score (nSPS) is 18.3. The topological polar surface area (TPSA) is 56.9 Å². The van der Waals surface area contributed by atoms with Gasteiger partial charge in [-0.3, -0.25) is 0 Å². The Balaban J connectivity index is 1.85. The molecule has 2 aromatic carbocycles. The number of anilines is 2. The van der Waals surface area contributed by atoms with Gasteiger partial charge in [0.25, 0.3) is 0 Å². The first-order valence-corrected chi connectivity index (χ1v) is 11.0. The van der Waals surface area contributed by atoms with Gasteiger partial charge in [-0.25, -0.2) is 0 Å². The molecule has 0 amide bonds. The molecule has 6 heteroatoms. The van der Waals surface area contributed by atoms with Crippen LogP contribution in [0.15, 0.2) is 83.5 Å². The molecule has 0 aliphatic carbocycles. The van der Waals surface area contributed by atoms with Gasteiger partial charge in [0.15, 0.2) is 0 Å². The van der Waals surface area contributed by atoms with Gasteiger partial charge < -0.3 is 0 Å². The first-order valence-electron chi connectivity index (χ1n) is 9.10. The second-order valence-electron chi connectivity index (χ2n) is 6.63. The monoisotopic (exact) mass is 382 g/mol. The predicted octanol–water partition coefficient (Wildman–Crippen LogP) is 4.42. The Labute approximate surface area is 159 Å². The quantitative estimate of drug-likeness (QED) is 0.505. The van der Waals surface area contributed by atoms with E-state index in [2.05, 4.69) is 9.34 Å². The number of aldehydes is 1. The van der Waals surface area contributed by atoms with Gasteiger partial charge in [-0.15, -0.1) is 0 Å². The second kappa shape index (κ2) is 7.55. The van der Waals surface area contributed by atoms with Crippen molar-refractivity contribution in [3.63, 3.8) is 0 Å². The minimum absolute atomic E-state index is 0.211. The molecule has 1 fully saturated rings. The van der Waals surface area contributed by atoms with Gasteiger partial charge in [0.1, 0.15) is 0 Å². The average Bonchev–Trinajstić information content (AvgIpc) is 3.36. The fourth-order valence-corrected chi connectivity index (χ4v) is 7.87. The van der Waals surface area contributed by atoms with Crippen LogP contribution in [0.3, 0.4) is 0 Å². The van der Waals surface area contributed by atoms with Gasteiger partial charge in [-0.2, -0.15) is 0 Å². The summed E-state index contributed by atoms with van der Waals surface area (Å²) in [6, 6.07) is 23.5. The Morgan fingerprint density at radius 3 is 1.93 bits per heavy atom. The van der Waals surface area contributed by atoms with E-state index in [4.69, 9.17) is 4.42 Å². The van der Waals surface area contributed by atoms with E-state index < -0.39 is 13.4 Å². The summed E-state index contributed by atoms with van der Waals surface area (Å²) in [6.07, 6.45) is 2.69. The van der Waals surface area contributed by atoms with Crippen molar-refractivity contribution in [1.82, 2.24) is 0 Å². The van der Waals surface area contributed by atoms with E-state index in [0.717, 1.165) is 17.7 Å². The van der Waals surface area contributed by atoms with E-state index in [0.29, 0.717) is 18.8 Å². The van der Waals surface area contributed by atoms with Crippen LogP contribution >= 0.6 is 7.79 Å². The molecular weight excluding hydrogens is 359 g/mol. The van der Waals surface area contributed by atoms with Gasteiger partial charge in [0.05, 0.1) is 0 Å². The molecule has 5 nitrogen and oxygen atoms in total. The van der Waals surface area contributed by atoms with Crippen LogP contribution in [0.25, 0.3) is 0 Å². The molecule has 0 bridgehead atoms. The van der Waals surface area contributed by atoms with E-state index in [1.54, 1.807) is 12.3 Å². The maximum atomic E-state index is 12.3. The molecule has 1 saturated heterocycles. The number of hydrogen-bond acceptors (Lipinski definition) is 5. The molecule has 2 heterocycles. The van der Waals surface area contributed by atoms with E-state index >= 15 is 0 Å². The van der Waals surface area contributed by atoms with Gasteiger partial charge in [-0.05, 0) is 0 Å². The summed E-state index contributed by atoms with van der Waals surface area (Å²) in [5, 5.41) is 0. The van der Waals surface area contributed by atoms with E-state index in [9.17, 15) is 9.69 Å². The van der Waals surface area contributed by atoms with Gasteiger partial charge in [0, 0.05) is 0 Å².